The first-order chi connectivity index (χ1) is 11.8. The van der Waals surface area contributed by atoms with E-state index < -0.39 is 0 Å². The predicted octanol–water partition coefficient (Wildman–Crippen LogP) is 1.53. The molecule has 122 valence electrons. The van der Waals surface area contributed by atoms with Crippen molar-refractivity contribution in [3.63, 3.8) is 0 Å². The van der Waals surface area contributed by atoms with Gasteiger partial charge in [-0.15, -0.1) is 0 Å². The highest BCUT2D eigenvalue weighted by molar-refractivity contribution is 6.11. The van der Waals surface area contributed by atoms with Crippen molar-refractivity contribution in [3.05, 3.63) is 84.2 Å². The Balaban J connectivity index is 0.00000157. The number of halogens is 1. The van der Waals surface area contributed by atoms with Gasteiger partial charge in [-0.2, -0.15) is 4.57 Å². The summed E-state index contributed by atoms with van der Waals surface area (Å²) in [6.45, 7) is 2.94. The second kappa shape index (κ2) is 6.08. The Morgan fingerprint density at radius 1 is 0.880 bits per heavy atom. The molecule has 0 unspecified atom stereocenters. The topological polar surface area (TPSA) is 16.8 Å². The molecule has 0 fully saturated rings. The fourth-order valence-electron chi connectivity index (χ4n) is 3.76. The third-order valence-corrected chi connectivity index (χ3v) is 4.77. The molecule has 3 heteroatoms. The normalized spacial score (nSPS) is 11.2. The van der Waals surface area contributed by atoms with Crippen LogP contribution in [0.4, 0.5) is 0 Å². The van der Waals surface area contributed by atoms with Crippen molar-refractivity contribution in [1.29, 1.82) is 0 Å². The molecular formula is C22H17BrN2. The van der Waals surface area contributed by atoms with Gasteiger partial charge in [0.25, 0.3) is 0 Å². The summed E-state index contributed by atoms with van der Waals surface area (Å²) in [4.78, 5) is 4.85. The molecule has 0 N–H and O–H groups in total. The van der Waals surface area contributed by atoms with E-state index >= 15 is 0 Å². The lowest BCUT2D eigenvalue weighted by atomic mass is 10.1. The number of aromatic nitrogens is 2. The number of nitrogens with zero attached hydrogens (tertiary/aromatic N) is 2. The molecule has 0 aliphatic heterocycles. The molecule has 0 radical (unpaired) electrons. The molecule has 25 heavy (non-hydrogen) atoms. The molecule has 4 aromatic rings. The molecule has 1 aliphatic rings. The highest BCUT2D eigenvalue weighted by Gasteiger charge is 2.30. The molecule has 2 aromatic carbocycles. The van der Waals surface area contributed by atoms with Gasteiger partial charge in [0, 0.05) is 22.9 Å². The van der Waals surface area contributed by atoms with Crippen LogP contribution < -0.4 is 21.5 Å². The molecule has 5 rings (SSSR count). The van der Waals surface area contributed by atoms with E-state index in [9.17, 15) is 0 Å². The van der Waals surface area contributed by atoms with Gasteiger partial charge in [-0.25, -0.2) is 0 Å². The minimum Gasteiger partial charge on any atom is -1.00 e. The Kier molecular flexibility index (Phi) is 3.89. The maximum atomic E-state index is 4.85. The van der Waals surface area contributed by atoms with Crippen LogP contribution in [-0.4, -0.2) is 4.98 Å². The van der Waals surface area contributed by atoms with Crippen molar-refractivity contribution < 1.29 is 21.5 Å². The largest absolute Gasteiger partial charge is 1.00 e. The van der Waals surface area contributed by atoms with Gasteiger partial charge in [0.2, 0.25) is 5.69 Å². The number of pyridine rings is 2. The lowest BCUT2D eigenvalue weighted by Gasteiger charge is -2.05. The van der Waals surface area contributed by atoms with Gasteiger partial charge >= 0.3 is 0 Å². The van der Waals surface area contributed by atoms with Gasteiger partial charge in [-0.1, -0.05) is 48.5 Å². The van der Waals surface area contributed by atoms with Crippen LogP contribution in [0.3, 0.4) is 0 Å². The molecule has 0 saturated carbocycles. The Morgan fingerprint density at radius 3 is 2.40 bits per heavy atom. The summed E-state index contributed by atoms with van der Waals surface area (Å²) in [6.07, 6.45) is 2.20. The van der Waals surface area contributed by atoms with Gasteiger partial charge in [-0.3, -0.25) is 4.98 Å². The van der Waals surface area contributed by atoms with Gasteiger partial charge in [0.15, 0.2) is 12.7 Å². The van der Waals surface area contributed by atoms with E-state index in [0.29, 0.717) is 0 Å². The fraction of sp³-hybridized carbons (Fsp3) is 0.0909. The highest BCUT2D eigenvalue weighted by Crippen LogP contribution is 2.44. The van der Waals surface area contributed by atoms with Crippen LogP contribution in [-0.2, 0) is 6.54 Å². The van der Waals surface area contributed by atoms with E-state index in [1.807, 2.05) is 0 Å². The minimum absolute atomic E-state index is 0. The molecule has 2 nitrogen and oxygen atoms in total. The summed E-state index contributed by atoms with van der Waals surface area (Å²) in [5.41, 5.74) is 7.32. The number of hydrogen-bond acceptors (Lipinski definition) is 1. The van der Waals surface area contributed by atoms with Crippen molar-refractivity contribution >= 4 is 10.8 Å². The maximum absolute atomic E-state index is 4.85. The minimum atomic E-state index is 0. The van der Waals surface area contributed by atoms with E-state index in [1.165, 1.54) is 33.2 Å². The number of hydrogen-bond donors (Lipinski definition) is 0. The standard InChI is InChI=1S/C22H17N2.BrH/c1-15-13-17-11-12-24(14-16-7-3-2-4-8-16)22-19-10-6-5-9-18(19)21(23-15)20(17)22;/h2-13H,14H2,1H3;1H/q+1;/p-1. The van der Waals surface area contributed by atoms with Crippen molar-refractivity contribution in [2.45, 2.75) is 13.5 Å². The second-order valence-electron chi connectivity index (χ2n) is 6.40. The summed E-state index contributed by atoms with van der Waals surface area (Å²) in [6, 6.07) is 23.6. The average molecular weight is 389 g/mol. The van der Waals surface area contributed by atoms with Crippen molar-refractivity contribution in [1.82, 2.24) is 4.98 Å². The predicted molar refractivity (Wildman–Crippen MR) is 96.6 cm³/mol. The molecule has 0 atom stereocenters. The second-order valence-corrected chi connectivity index (χ2v) is 6.40. The van der Waals surface area contributed by atoms with Crippen molar-refractivity contribution in [2.24, 2.45) is 0 Å². The summed E-state index contributed by atoms with van der Waals surface area (Å²) < 4.78 is 2.35. The van der Waals surface area contributed by atoms with E-state index in [1.54, 1.807) is 0 Å². The lowest BCUT2D eigenvalue weighted by molar-refractivity contribution is -0.676. The SMILES string of the molecule is Cc1cc2cc[n+](Cc3ccccc3)c3c2c(n1)-c1ccccc1-3.[Br-]. The van der Waals surface area contributed by atoms with Gasteiger partial charge in [0.05, 0.1) is 16.6 Å². The van der Waals surface area contributed by atoms with Crippen molar-refractivity contribution in [3.8, 4) is 22.5 Å². The van der Waals surface area contributed by atoms with Crippen molar-refractivity contribution in [2.75, 3.05) is 0 Å². The zero-order valence-corrected chi connectivity index (χ0v) is 15.5. The molecule has 0 amide bonds. The third-order valence-electron chi connectivity index (χ3n) is 4.77. The first-order valence-electron chi connectivity index (χ1n) is 8.29. The summed E-state index contributed by atoms with van der Waals surface area (Å²) >= 11 is 0. The Hall–Kier alpha value is -2.52. The zero-order chi connectivity index (χ0) is 16.1. The van der Waals surface area contributed by atoms with Crippen LogP contribution in [0.2, 0.25) is 0 Å². The molecular weight excluding hydrogens is 372 g/mol. The third kappa shape index (κ3) is 2.47. The lowest BCUT2D eigenvalue weighted by Crippen LogP contribution is -3.00. The quantitative estimate of drug-likeness (QED) is 0.419. The number of aryl methyl sites for hydroxylation is 1. The summed E-state index contributed by atoms with van der Waals surface area (Å²) in [5, 5.41) is 2.55. The Labute approximate surface area is 157 Å². The van der Waals surface area contributed by atoms with Crippen LogP contribution in [0.15, 0.2) is 72.9 Å². The molecule has 0 spiro atoms. The Bertz CT molecular complexity index is 1090. The van der Waals surface area contributed by atoms with Crippen LogP contribution in [0.25, 0.3) is 33.3 Å². The monoisotopic (exact) mass is 388 g/mol. The number of fused-ring (bicyclic) bond motifs is 3. The molecule has 2 aromatic heterocycles. The molecule has 0 saturated heterocycles. The van der Waals surface area contributed by atoms with Crippen LogP contribution in [0.1, 0.15) is 11.3 Å². The average Bonchev–Trinajstić information content (AvgIpc) is 2.94. The first kappa shape index (κ1) is 16.0. The van der Waals surface area contributed by atoms with E-state index in [4.69, 9.17) is 4.98 Å². The number of rotatable bonds is 2. The molecule has 1 aliphatic carbocycles. The van der Waals surface area contributed by atoms with Gasteiger partial charge < -0.3 is 17.0 Å². The molecule has 2 heterocycles. The van der Waals surface area contributed by atoms with Gasteiger partial charge in [0.1, 0.15) is 0 Å². The van der Waals surface area contributed by atoms with Gasteiger partial charge in [-0.05, 0) is 24.4 Å². The highest BCUT2D eigenvalue weighted by atomic mass is 79.9. The van der Waals surface area contributed by atoms with Crippen LogP contribution in [0, 0.1) is 6.92 Å². The van der Waals surface area contributed by atoms with E-state index in [-0.39, 0.29) is 17.0 Å². The zero-order valence-electron chi connectivity index (χ0n) is 13.9. The first-order valence-corrected chi connectivity index (χ1v) is 8.29. The van der Waals surface area contributed by atoms with E-state index in [0.717, 1.165) is 17.9 Å². The van der Waals surface area contributed by atoms with Crippen LogP contribution >= 0.6 is 0 Å². The fourth-order valence-corrected chi connectivity index (χ4v) is 3.76. The maximum Gasteiger partial charge on any atom is 0.223 e. The number of benzene rings is 2. The van der Waals surface area contributed by atoms with Crippen LogP contribution in [0.5, 0.6) is 0 Å². The summed E-state index contributed by atoms with van der Waals surface area (Å²) in [5.74, 6) is 0. The summed E-state index contributed by atoms with van der Waals surface area (Å²) in [7, 11) is 0. The Morgan fingerprint density at radius 2 is 1.60 bits per heavy atom. The molecule has 0 bridgehead atoms. The van der Waals surface area contributed by atoms with E-state index in [2.05, 4.69) is 84.4 Å². The smallest absolute Gasteiger partial charge is 0.223 e.